The van der Waals surface area contributed by atoms with E-state index < -0.39 is 11.6 Å². The van der Waals surface area contributed by atoms with Crippen LogP contribution >= 0.6 is 0 Å². The zero-order valence-electron chi connectivity index (χ0n) is 10.3. The Morgan fingerprint density at radius 1 is 1.53 bits per heavy atom. The van der Waals surface area contributed by atoms with E-state index in [0.717, 1.165) is 12.0 Å². The first-order chi connectivity index (χ1) is 9.06. The summed E-state index contributed by atoms with van der Waals surface area (Å²) < 4.78 is 19.1. The van der Waals surface area contributed by atoms with Gasteiger partial charge in [-0.1, -0.05) is 6.08 Å². The molecule has 2 aliphatic heterocycles. The van der Waals surface area contributed by atoms with E-state index in [1.165, 1.54) is 12.1 Å². The number of carboxylic acids is 1. The maximum Gasteiger partial charge on any atom is 0.317 e. The number of rotatable bonds is 2. The van der Waals surface area contributed by atoms with Crippen LogP contribution in [0.1, 0.15) is 12.0 Å². The predicted molar refractivity (Wildman–Crippen MR) is 67.5 cm³/mol. The minimum Gasteiger partial charge on any atom is -0.481 e. The number of fused-ring (bicyclic) bond motifs is 1. The van der Waals surface area contributed by atoms with Crippen LogP contribution in [0.25, 0.3) is 6.08 Å². The number of likely N-dealkylation sites (tertiary alicyclic amines) is 1. The van der Waals surface area contributed by atoms with Gasteiger partial charge in [0.1, 0.15) is 17.2 Å². The van der Waals surface area contributed by atoms with E-state index >= 15 is 0 Å². The molecule has 1 spiro atoms. The molecule has 0 radical (unpaired) electrons. The van der Waals surface area contributed by atoms with E-state index in [1.54, 1.807) is 6.07 Å². The van der Waals surface area contributed by atoms with Gasteiger partial charge in [0, 0.05) is 25.1 Å². The van der Waals surface area contributed by atoms with E-state index in [4.69, 9.17) is 9.84 Å². The minimum absolute atomic E-state index is 0.0230. The zero-order valence-corrected chi connectivity index (χ0v) is 10.3. The second-order valence-electron chi connectivity index (χ2n) is 5.04. The fraction of sp³-hybridized carbons (Fsp3) is 0.357. The third-order valence-corrected chi connectivity index (χ3v) is 3.55. The molecule has 1 aromatic carbocycles. The Bertz CT molecular complexity index is 558. The predicted octanol–water partition coefficient (Wildman–Crippen LogP) is 1.76. The van der Waals surface area contributed by atoms with Crippen molar-refractivity contribution in [3.05, 3.63) is 35.7 Å². The number of nitrogens with zero attached hydrogens (tertiary/aromatic N) is 1. The van der Waals surface area contributed by atoms with Gasteiger partial charge in [-0.3, -0.25) is 9.69 Å². The topological polar surface area (TPSA) is 49.8 Å². The standard InChI is InChI=1S/C14H14FNO3/c15-11-1-2-12-10(7-11)3-4-14(19-12)5-6-16(9-14)8-13(17)18/h1-4,7H,5-6,8-9H2,(H,17,18). The van der Waals surface area contributed by atoms with Gasteiger partial charge in [0.15, 0.2) is 0 Å². The molecule has 5 heteroatoms. The van der Waals surface area contributed by atoms with E-state index in [2.05, 4.69) is 0 Å². The van der Waals surface area contributed by atoms with Crippen molar-refractivity contribution in [1.82, 2.24) is 4.90 Å². The Hall–Kier alpha value is -1.88. The Kier molecular flexibility index (Phi) is 2.78. The highest BCUT2D eigenvalue weighted by atomic mass is 19.1. The number of carbonyl (C=O) groups is 1. The molecule has 1 atom stereocenters. The third kappa shape index (κ3) is 2.33. The van der Waals surface area contributed by atoms with Gasteiger partial charge in [-0.25, -0.2) is 4.39 Å². The van der Waals surface area contributed by atoms with Crippen molar-refractivity contribution >= 4 is 12.0 Å². The first-order valence-electron chi connectivity index (χ1n) is 6.18. The van der Waals surface area contributed by atoms with Crippen LogP contribution in [0.3, 0.4) is 0 Å². The fourth-order valence-corrected chi connectivity index (χ4v) is 2.67. The third-order valence-electron chi connectivity index (χ3n) is 3.55. The minimum atomic E-state index is -0.834. The molecule has 0 aromatic heterocycles. The van der Waals surface area contributed by atoms with E-state index in [0.29, 0.717) is 18.8 Å². The number of hydrogen-bond donors (Lipinski definition) is 1. The molecule has 1 aromatic rings. The van der Waals surface area contributed by atoms with Crippen LogP contribution in [0.15, 0.2) is 24.3 Å². The van der Waals surface area contributed by atoms with Crippen LogP contribution in [0.4, 0.5) is 4.39 Å². The molecule has 1 saturated heterocycles. The monoisotopic (exact) mass is 263 g/mol. The van der Waals surface area contributed by atoms with Crippen LogP contribution in [0.5, 0.6) is 5.75 Å². The highest BCUT2D eigenvalue weighted by molar-refractivity contribution is 5.69. The lowest BCUT2D eigenvalue weighted by Gasteiger charge is -2.31. The summed E-state index contributed by atoms with van der Waals surface area (Å²) in [6.45, 7) is 1.26. The van der Waals surface area contributed by atoms with Gasteiger partial charge in [0.05, 0.1) is 6.54 Å². The van der Waals surface area contributed by atoms with Crippen molar-refractivity contribution in [2.45, 2.75) is 12.0 Å². The van der Waals surface area contributed by atoms with Crippen LogP contribution in [0, 0.1) is 5.82 Å². The molecule has 1 unspecified atom stereocenters. The number of hydrogen-bond acceptors (Lipinski definition) is 3. The van der Waals surface area contributed by atoms with Crippen molar-refractivity contribution in [1.29, 1.82) is 0 Å². The van der Waals surface area contributed by atoms with Crippen molar-refractivity contribution in [3.63, 3.8) is 0 Å². The second kappa shape index (κ2) is 4.35. The molecule has 2 heterocycles. The van der Waals surface area contributed by atoms with Crippen LogP contribution < -0.4 is 4.74 Å². The van der Waals surface area contributed by atoms with Crippen molar-refractivity contribution in [3.8, 4) is 5.75 Å². The Morgan fingerprint density at radius 2 is 2.37 bits per heavy atom. The molecule has 4 nitrogen and oxygen atoms in total. The lowest BCUT2D eigenvalue weighted by atomic mass is 9.97. The zero-order chi connectivity index (χ0) is 13.5. The van der Waals surface area contributed by atoms with Gasteiger partial charge < -0.3 is 9.84 Å². The summed E-state index contributed by atoms with van der Waals surface area (Å²) in [6.07, 6.45) is 4.51. The summed E-state index contributed by atoms with van der Waals surface area (Å²) >= 11 is 0. The lowest BCUT2D eigenvalue weighted by Crippen LogP contribution is -2.39. The smallest absolute Gasteiger partial charge is 0.317 e. The van der Waals surface area contributed by atoms with Crippen LogP contribution in [-0.4, -0.2) is 41.2 Å². The van der Waals surface area contributed by atoms with E-state index in [-0.39, 0.29) is 12.4 Å². The molecule has 0 bridgehead atoms. The summed E-state index contributed by atoms with van der Waals surface area (Å²) in [5.41, 5.74) is 0.252. The molecule has 1 fully saturated rings. The molecule has 0 aliphatic carbocycles. The molecule has 3 rings (SSSR count). The highest BCUT2D eigenvalue weighted by Crippen LogP contribution is 2.36. The summed E-state index contributed by atoms with van der Waals surface area (Å²) in [7, 11) is 0. The average molecular weight is 263 g/mol. The van der Waals surface area contributed by atoms with Gasteiger partial charge >= 0.3 is 5.97 Å². The maximum atomic E-state index is 13.1. The fourth-order valence-electron chi connectivity index (χ4n) is 2.67. The van der Waals surface area contributed by atoms with Crippen molar-refractivity contribution in [2.24, 2.45) is 0 Å². The van der Waals surface area contributed by atoms with Crippen LogP contribution in [-0.2, 0) is 4.79 Å². The number of ether oxygens (including phenoxy) is 1. The van der Waals surface area contributed by atoms with Crippen molar-refractivity contribution in [2.75, 3.05) is 19.6 Å². The number of halogens is 1. The highest BCUT2D eigenvalue weighted by Gasteiger charge is 2.40. The largest absolute Gasteiger partial charge is 0.481 e. The van der Waals surface area contributed by atoms with Crippen LogP contribution in [0.2, 0.25) is 0 Å². The van der Waals surface area contributed by atoms with Gasteiger partial charge in [-0.2, -0.15) is 0 Å². The first kappa shape index (κ1) is 12.2. The van der Waals surface area contributed by atoms with E-state index in [1.807, 2.05) is 17.1 Å². The first-order valence-corrected chi connectivity index (χ1v) is 6.18. The molecule has 2 aliphatic rings. The molecule has 0 saturated carbocycles. The normalized spacial score (nSPS) is 25.3. The molecule has 19 heavy (non-hydrogen) atoms. The number of benzene rings is 1. The Labute approximate surface area is 110 Å². The van der Waals surface area contributed by atoms with E-state index in [9.17, 15) is 9.18 Å². The lowest BCUT2D eigenvalue weighted by molar-refractivity contribution is -0.138. The van der Waals surface area contributed by atoms with Gasteiger partial charge in [-0.15, -0.1) is 0 Å². The molecule has 0 amide bonds. The van der Waals surface area contributed by atoms with Gasteiger partial charge in [-0.05, 0) is 24.3 Å². The Morgan fingerprint density at radius 3 is 3.16 bits per heavy atom. The average Bonchev–Trinajstić information content (AvgIpc) is 2.72. The second-order valence-corrected chi connectivity index (χ2v) is 5.04. The molecule has 1 N–H and O–H groups in total. The summed E-state index contributed by atoms with van der Waals surface area (Å²) in [5.74, 6) is -0.470. The summed E-state index contributed by atoms with van der Waals surface area (Å²) in [5, 5.41) is 8.81. The maximum absolute atomic E-state index is 13.1. The Balaban J connectivity index is 1.79. The quantitative estimate of drug-likeness (QED) is 0.883. The molecular formula is C14H14FNO3. The molecular weight excluding hydrogens is 249 g/mol. The number of carboxylic acid groups (broad SMARTS) is 1. The summed E-state index contributed by atoms with van der Waals surface area (Å²) in [6, 6.07) is 4.42. The summed E-state index contributed by atoms with van der Waals surface area (Å²) in [4.78, 5) is 12.6. The van der Waals surface area contributed by atoms with Gasteiger partial charge in [0.25, 0.3) is 0 Å². The van der Waals surface area contributed by atoms with Gasteiger partial charge in [0.2, 0.25) is 0 Å². The molecule has 100 valence electrons. The van der Waals surface area contributed by atoms with Crippen molar-refractivity contribution < 1.29 is 19.0 Å². The number of aliphatic carboxylic acids is 1. The SMILES string of the molecule is O=C(O)CN1CCC2(C=Cc3cc(F)ccc3O2)C1.